The molecule has 1 aliphatic carbocycles. The summed E-state index contributed by atoms with van der Waals surface area (Å²) >= 11 is 6.27. The number of benzene rings is 5. The Labute approximate surface area is 653 Å². The molecule has 0 bridgehead atoms. The third-order valence-electron chi connectivity index (χ3n) is 21.8. The van der Waals surface area contributed by atoms with E-state index in [0.717, 1.165) is 103 Å². The van der Waals surface area contributed by atoms with Crippen LogP contribution in [0.4, 0.5) is 22.7 Å². The van der Waals surface area contributed by atoms with Gasteiger partial charge in [0.2, 0.25) is 23.6 Å². The highest BCUT2D eigenvalue weighted by Gasteiger charge is 2.47. The van der Waals surface area contributed by atoms with Crippen molar-refractivity contribution in [1.82, 2.24) is 40.2 Å². The number of aromatic amines is 1. The Hall–Kier alpha value is -10.6. The number of pyridine rings is 1. The SMILES string of the molecule is CC1(C)CCC(CN2CCN(c3ccc(C(=O)CS(=O)(=O)c4ccc(NCC5CCN(CCOCCCc6cccc7c6C(=O)N(C6CCC(=O)NC6=O)C7=O)CC5)c([N+](=O)[O-])c4)c(Oc4cnc5[nH]ccc5c4)c3)CC2)=C(c2ccc(Cl)cc2)C1.CCCOCCNc1cccc2c1C(=O)N(C1CCC(=O)NC1=O)C2=O. The number of hydrogen-bond acceptors (Lipinski definition) is 22. The molecule has 0 saturated carbocycles. The van der Waals surface area contributed by atoms with Crippen LogP contribution in [0.5, 0.6) is 11.5 Å². The largest absolute Gasteiger partial charge is 0.455 e. The number of allylic oxidation sites excluding steroid dienone is 1. The van der Waals surface area contributed by atoms with Gasteiger partial charge >= 0.3 is 0 Å². The number of aromatic nitrogens is 2. The number of likely N-dealkylation sites (tertiary alicyclic amines) is 1. The lowest BCUT2D eigenvalue weighted by Gasteiger charge is -2.39. The molecule has 14 rings (SSSR count). The maximum atomic E-state index is 14.3. The lowest BCUT2D eigenvalue weighted by molar-refractivity contribution is -0.384. The van der Waals surface area contributed by atoms with E-state index in [1.165, 1.54) is 35.0 Å². The van der Waals surface area contributed by atoms with Crippen molar-refractivity contribution in [3.05, 3.63) is 181 Å². The maximum absolute atomic E-state index is 14.3. The molecule has 588 valence electrons. The van der Waals surface area contributed by atoms with Crippen LogP contribution in [0, 0.1) is 21.4 Å². The quantitative estimate of drug-likeness (QED) is 0.00956. The summed E-state index contributed by atoms with van der Waals surface area (Å²) in [5, 5.41) is 24.7. The van der Waals surface area contributed by atoms with E-state index < -0.39 is 91.3 Å². The number of piperidine rings is 3. The number of piperazine rings is 1. The molecule has 5 N–H and O–H groups in total. The van der Waals surface area contributed by atoms with Crippen molar-refractivity contribution in [1.29, 1.82) is 0 Å². The van der Waals surface area contributed by atoms with Crippen molar-refractivity contribution >= 4 is 114 Å². The van der Waals surface area contributed by atoms with Crippen molar-refractivity contribution in [2.75, 3.05) is 113 Å². The van der Waals surface area contributed by atoms with E-state index in [0.29, 0.717) is 100 Å². The van der Waals surface area contributed by atoms with Crippen LogP contribution in [0.25, 0.3) is 16.6 Å². The normalized spacial score (nSPS) is 19.0. The number of sulfone groups is 1. The first-order valence-corrected chi connectivity index (χ1v) is 40.2. The first kappa shape index (κ1) is 79.5. The number of nitro benzene ring substituents is 1. The molecule has 0 radical (unpaired) electrons. The summed E-state index contributed by atoms with van der Waals surface area (Å²) in [6.45, 7) is 15.9. The van der Waals surface area contributed by atoms with Gasteiger partial charge in [0.15, 0.2) is 15.6 Å². The minimum Gasteiger partial charge on any atom is -0.455 e. The summed E-state index contributed by atoms with van der Waals surface area (Å²) in [7, 11) is -4.39. The fraction of sp³-hybridized carbons (Fsp3) is 0.415. The van der Waals surface area contributed by atoms with Gasteiger partial charge in [-0.2, -0.15) is 0 Å². The number of imide groups is 4. The topological polar surface area (TPSA) is 352 Å². The Morgan fingerprint density at radius 1 is 0.705 bits per heavy atom. The maximum Gasteiger partial charge on any atom is 0.293 e. The predicted molar refractivity (Wildman–Crippen MR) is 419 cm³/mol. The van der Waals surface area contributed by atoms with E-state index >= 15 is 0 Å². The van der Waals surface area contributed by atoms with Gasteiger partial charge in [0, 0.05) is 119 Å². The van der Waals surface area contributed by atoms with Crippen molar-refractivity contribution in [2.24, 2.45) is 11.3 Å². The van der Waals surface area contributed by atoms with Crippen LogP contribution in [0.15, 0.2) is 132 Å². The molecule has 5 aromatic carbocycles. The van der Waals surface area contributed by atoms with Crippen molar-refractivity contribution in [3.63, 3.8) is 0 Å². The molecule has 112 heavy (non-hydrogen) atoms. The minimum atomic E-state index is -4.39. The summed E-state index contributed by atoms with van der Waals surface area (Å²) in [6.07, 6.45) is 10.5. The predicted octanol–water partition coefficient (Wildman–Crippen LogP) is 10.5. The molecule has 7 aromatic rings. The van der Waals surface area contributed by atoms with E-state index in [1.807, 2.05) is 31.2 Å². The molecule has 2 atom stereocenters. The first-order chi connectivity index (χ1) is 53.9. The Bertz CT molecular complexity index is 4970. The average Bonchev–Trinajstić information content (AvgIpc) is 1.59. The number of aryl methyl sites for hydroxylation is 1. The number of carbonyl (C=O) groups excluding carboxylic acids is 9. The van der Waals surface area contributed by atoms with Crippen LogP contribution in [-0.4, -0.2) is 206 Å². The zero-order valence-corrected chi connectivity index (χ0v) is 64.4. The molecule has 2 aromatic heterocycles. The number of hydrogen-bond donors (Lipinski definition) is 5. The second-order valence-electron chi connectivity index (χ2n) is 30.1. The van der Waals surface area contributed by atoms with Crippen LogP contribution in [0.1, 0.15) is 154 Å². The zero-order chi connectivity index (χ0) is 79.0. The van der Waals surface area contributed by atoms with Gasteiger partial charge < -0.3 is 39.6 Å². The van der Waals surface area contributed by atoms with E-state index in [-0.39, 0.29) is 75.6 Å². The van der Waals surface area contributed by atoms with Crippen LogP contribution in [-0.2, 0) is 44.9 Å². The Morgan fingerprint density at radius 2 is 1.38 bits per heavy atom. The number of nitrogens with one attached hydrogen (secondary N) is 5. The minimum absolute atomic E-state index is 0.0453. The second kappa shape index (κ2) is 35.0. The van der Waals surface area contributed by atoms with E-state index in [2.05, 4.69) is 71.9 Å². The van der Waals surface area contributed by atoms with Gasteiger partial charge in [-0.15, -0.1) is 0 Å². The standard InChI is InChI=1S/C64H70ClN9O11S.C18H21N3O5/c1-64(2)22-18-45(52(36-64)42-8-10-46(65)11-9-42)39-71-26-28-72(29-27-71)47-12-14-50(57(34-47)85-48-33-44-19-23-66-60(44)68-38-48)56(75)40-86(82,83)49-13-15-53(55(35-49)74(80)81)67-37-41-20-24-70(25-21-41)30-32-84-31-4-6-43-5-3-7-51-59(43)63(79)73(62(51)78)54-16-17-58(76)69-61(54)77;1-2-9-26-10-8-19-12-5-3-4-11-15(12)18(25)21(17(11)24)13-6-7-14(22)20-16(13)23/h3,5,7-15,19,23,33-35,38,41,54,67H,4,6,16-18,20-22,24-32,36-37,39-40H2,1-2H3,(H,66,68)(H,69,76,77);3-5,13,19H,2,6-10H2,1H3,(H,20,22,23). The molecule has 8 amide bonds. The van der Waals surface area contributed by atoms with Crippen LogP contribution in [0.3, 0.4) is 0 Å². The number of fused-ring (bicyclic) bond motifs is 3. The van der Waals surface area contributed by atoms with E-state index in [9.17, 15) is 61.7 Å². The number of anilines is 3. The van der Waals surface area contributed by atoms with Gasteiger partial charge in [-0.25, -0.2) is 13.4 Å². The van der Waals surface area contributed by atoms with Crippen molar-refractivity contribution < 1.29 is 70.7 Å². The highest BCUT2D eigenvalue weighted by atomic mass is 35.5. The molecule has 4 fully saturated rings. The first-order valence-electron chi connectivity index (χ1n) is 38.2. The van der Waals surface area contributed by atoms with Gasteiger partial charge in [0.05, 0.1) is 57.0 Å². The number of rotatable bonds is 29. The summed E-state index contributed by atoms with van der Waals surface area (Å²) in [4.78, 5) is 142. The Morgan fingerprint density at radius 3 is 2.07 bits per heavy atom. The number of ketones is 1. The number of Topliss-reactive ketones (excluding diaryl/α,β-unsaturated/α-hetero) is 1. The number of amides is 8. The van der Waals surface area contributed by atoms with Crippen molar-refractivity contribution in [2.45, 2.75) is 115 Å². The average molecular weight is 1570 g/mol. The lowest BCUT2D eigenvalue weighted by atomic mass is 9.72. The highest BCUT2D eigenvalue weighted by molar-refractivity contribution is 7.92. The number of ether oxygens (including phenoxy) is 3. The molecule has 8 heterocycles. The molecule has 6 aliphatic heterocycles. The zero-order valence-electron chi connectivity index (χ0n) is 62.8. The monoisotopic (exact) mass is 1570 g/mol. The highest BCUT2D eigenvalue weighted by Crippen LogP contribution is 2.44. The lowest BCUT2D eigenvalue weighted by Crippen LogP contribution is -2.54. The van der Waals surface area contributed by atoms with Gasteiger partial charge in [0.1, 0.15) is 40.7 Å². The third-order valence-corrected chi connectivity index (χ3v) is 23.6. The summed E-state index contributed by atoms with van der Waals surface area (Å²) in [5.41, 5.74) is 7.87. The molecule has 7 aliphatic rings. The molecule has 4 saturated heterocycles. The fourth-order valence-electron chi connectivity index (χ4n) is 15.7. The molecular weight excluding hydrogens is 1480 g/mol. The van der Waals surface area contributed by atoms with Crippen molar-refractivity contribution in [3.8, 4) is 11.5 Å². The summed E-state index contributed by atoms with van der Waals surface area (Å²) in [5.74, 6) is -5.14. The van der Waals surface area contributed by atoms with Crippen LogP contribution >= 0.6 is 11.6 Å². The van der Waals surface area contributed by atoms with E-state index in [1.54, 1.807) is 60.8 Å². The molecule has 30 heteroatoms. The number of halogens is 1. The number of H-pyrrole nitrogens is 1. The summed E-state index contributed by atoms with van der Waals surface area (Å²) in [6, 6.07) is 28.8. The van der Waals surface area contributed by atoms with Gasteiger partial charge in [-0.3, -0.25) is 78.6 Å². The Balaban J connectivity index is 0.000000356. The second-order valence-corrected chi connectivity index (χ2v) is 32.5. The molecular formula is C82H91ClN12O16S. The number of nitrogens with zero attached hydrogens (tertiary/aromatic N) is 7. The smallest absolute Gasteiger partial charge is 0.293 e. The van der Waals surface area contributed by atoms with Gasteiger partial charge in [-0.05, 0) is 172 Å². The van der Waals surface area contributed by atoms with Gasteiger partial charge in [0.25, 0.3) is 29.3 Å². The van der Waals surface area contributed by atoms with Gasteiger partial charge in [-0.1, -0.05) is 68.3 Å². The third kappa shape index (κ3) is 18.3. The fourth-order valence-corrected chi connectivity index (χ4v) is 17.0. The summed E-state index contributed by atoms with van der Waals surface area (Å²) < 4.78 is 45.9. The molecule has 28 nitrogen and oxygen atoms in total. The number of nitro groups is 1. The van der Waals surface area contributed by atoms with E-state index in [4.69, 9.17) is 25.8 Å². The van der Waals surface area contributed by atoms with Crippen LogP contribution in [0.2, 0.25) is 5.02 Å². The molecule has 2 unspecified atom stereocenters. The number of carbonyl (C=O) groups is 9. The van der Waals surface area contributed by atoms with Crippen LogP contribution < -0.4 is 30.9 Å². The molecule has 0 spiro atoms. The Kier molecular flexibility index (Phi) is 24.9.